The molecule has 0 aliphatic carbocycles. The molecule has 0 N–H and O–H groups in total. The molecule has 2 aromatic carbocycles. The smallest absolute Gasteiger partial charge is 0.257 e. The highest BCUT2D eigenvalue weighted by Gasteiger charge is 2.16. The Bertz CT molecular complexity index is 879. The molecule has 2 rings (SSSR count). The van der Waals surface area contributed by atoms with Crippen LogP contribution in [0.4, 0.5) is 0 Å². The Hall–Kier alpha value is -3.06. The number of amides is 1. The van der Waals surface area contributed by atoms with Crippen LogP contribution in [0.15, 0.2) is 36.4 Å². The van der Waals surface area contributed by atoms with Gasteiger partial charge in [0.15, 0.2) is 5.78 Å². The summed E-state index contributed by atoms with van der Waals surface area (Å²) in [6.45, 7) is 11.8. The van der Waals surface area contributed by atoms with Gasteiger partial charge in [0, 0.05) is 38.9 Å². The van der Waals surface area contributed by atoms with Gasteiger partial charge in [0.1, 0.15) is 29.1 Å². The summed E-state index contributed by atoms with van der Waals surface area (Å²) < 4.78 is 22.2. The summed E-state index contributed by atoms with van der Waals surface area (Å²) in [5.41, 5.74) is 0.897. The minimum absolute atomic E-state index is 0.107. The van der Waals surface area contributed by atoms with Crippen LogP contribution < -0.4 is 14.2 Å². The fourth-order valence-corrected chi connectivity index (χ4v) is 2.69. The quantitative estimate of drug-likeness (QED) is 0.436. The van der Waals surface area contributed by atoms with Gasteiger partial charge >= 0.3 is 0 Å². The van der Waals surface area contributed by atoms with Crippen LogP contribution in [-0.4, -0.2) is 57.6 Å². The maximum atomic E-state index is 12.3. The maximum absolute atomic E-state index is 12.3. The first-order chi connectivity index (χ1) is 15.7. The molecule has 0 saturated carbocycles. The van der Waals surface area contributed by atoms with E-state index in [1.54, 1.807) is 57.6 Å². The van der Waals surface area contributed by atoms with Crippen molar-refractivity contribution in [1.82, 2.24) is 4.90 Å². The molecular weight excluding hydrogens is 422 g/mol. The van der Waals surface area contributed by atoms with E-state index in [0.717, 1.165) is 0 Å². The molecule has 1 atom stereocenters. The molecule has 2 aromatic rings. The Morgan fingerprint density at radius 2 is 1.52 bits per heavy atom. The highest BCUT2D eigenvalue weighted by atomic mass is 16.5. The minimum atomic E-state index is -0.188. The van der Waals surface area contributed by atoms with Crippen LogP contribution in [0.1, 0.15) is 62.3 Å². The van der Waals surface area contributed by atoms with Gasteiger partial charge in [-0.3, -0.25) is 9.59 Å². The summed E-state index contributed by atoms with van der Waals surface area (Å²) >= 11 is 0. The average Bonchev–Trinajstić information content (AvgIpc) is 2.81. The molecule has 0 aliphatic heterocycles. The summed E-state index contributed by atoms with van der Waals surface area (Å²) in [5.74, 6) is 1.52. The van der Waals surface area contributed by atoms with Crippen molar-refractivity contribution < 1.29 is 28.5 Å². The normalized spacial score (nSPS) is 10.5. The van der Waals surface area contributed by atoms with Gasteiger partial charge in [0.2, 0.25) is 0 Å². The van der Waals surface area contributed by atoms with Crippen LogP contribution in [0.25, 0.3) is 0 Å². The second-order valence-corrected chi connectivity index (χ2v) is 6.80. The van der Waals surface area contributed by atoms with Crippen molar-refractivity contribution in [2.45, 2.75) is 47.6 Å². The molecule has 0 saturated heterocycles. The van der Waals surface area contributed by atoms with Crippen molar-refractivity contribution in [2.75, 3.05) is 34.9 Å². The van der Waals surface area contributed by atoms with E-state index in [-0.39, 0.29) is 17.8 Å². The zero-order valence-corrected chi connectivity index (χ0v) is 21.6. The monoisotopic (exact) mass is 461 g/mol. The van der Waals surface area contributed by atoms with Crippen molar-refractivity contribution in [3.63, 3.8) is 0 Å². The lowest BCUT2D eigenvalue weighted by molar-refractivity contribution is 0.0824. The zero-order valence-electron chi connectivity index (χ0n) is 21.6. The third kappa shape index (κ3) is 9.53. The minimum Gasteiger partial charge on any atom is -0.496 e. The van der Waals surface area contributed by atoms with E-state index in [4.69, 9.17) is 18.9 Å². The van der Waals surface area contributed by atoms with E-state index in [2.05, 4.69) is 0 Å². The van der Waals surface area contributed by atoms with Crippen LogP contribution >= 0.6 is 0 Å². The van der Waals surface area contributed by atoms with E-state index >= 15 is 0 Å². The molecule has 0 fully saturated rings. The number of carbonyl (C=O) groups is 2. The second-order valence-electron chi connectivity index (χ2n) is 6.80. The van der Waals surface area contributed by atoms with Gasteiger partial charge in [-0.05, 0) is 38.1 Å². The summed E-state index contributed by atoms with van der Waals surface area (Å²) in [4.78, 5) is 25.6. The number of Topliss-reactive ketones (excluding diaryl/α,β-unsaturated/α-hetero) is 1. The summed E-state index contributed by atoms with van der Waals surface area (Å²) in [6, 6.07) is 9.95. The van der Waals surface area contributed by atoms with E-state index in [1.165, 1.54) is 18.9 Å². The highest BCUT2D eigenvalue weighted by Crippen LogP contribution is 2.32. The molecule has 0 radical (unpaired) electrons. The summed E-state index contributed by atoms with van der Waals surface area (Å²) in [5, 5.41) is 0. The fourth-order valence-electron chi connectivity index (χ4n) is 2.69. The Balaban J connectivity index is 0.00000242. The van der Waals surface area contributed by atoms with Crippen LogP contribution in [-0.2, 0) is 4.74 Å². The van der Waals surface area contributed by atoms with Gasteiger partial charge < -0.3 is 23.8 Å². The second kappa shape index (κ2) is 15.7. The third-order valence-corrected chi connectivity index (χ3v) is 4.07. The van der Waals surface area contributed by atoms with E-state index in [0.29, 0.717) is 40.7 Å². The lowest BCUT2D eigenvalue weighted by Crippen LogP contribution is -2.22. The molecule has 0 bridgehead atoms. The van der Waals surface area contributed by atoms with Gasteiger partial charge in [0.05, 0.1) is 19.3 Å². The SMILES string of the molecule is CC.CC.COCC(C)Oc1cc(Oc2ccc(C(=O)N(C)C)c(OC)c2)cc(C(C)=O)c1. The predicted molar refractivity (Wildman–Crippen MR) is 132 cm³/mol. The molecule has 1 amide bonds. The van der Waals surface area contributed by atoms with Crippen LogP contribution in [0.5, 0.6) is 23.0 Å². The lowest BCUT2D eigenvalue weighted by Gasteiger charge is -2.17. The molecule has 0 heterocycles. The lowest BCUT2D eigenvalue weighted by atomic mass is 10.1. The number of methoxy groups -OCH3 is 2. The van der Waals surface area contributed by atoms with Gasteiger partial charge in [-0.1, -0.05) is 27.7 Å². The highest BCUT2D eigenvalue weighted by molar-refractivity contribution is 5.97. The maximum Gasteiger partial charge on any atom is 0.257 e. The molecule has 0 aliphatic rings. The molecule has 7 heteroatoms. The number of rotatable bonds is 9. The van der Waals surface area contributed by atoms with Gasteiger partial charge in [-0.15, -0.1) is 0 Å². The first kappa shape index (κ1) is 29.9. The van der Waals surface area contributed by atoms with Crippen LogP contribution in [0.3, 0.4) is 0 Å². The summed E-state index contributed by atoms with van der Waals surface area (Å²) in [7, 11) is 6.43. The number of hydrogen-bond donors (Lipinski definition) is 0. The van der Waals surface area contributed by atoms with E-state index < -0.39 is 0 Å². The number of benzene rings is 2. The molecule has 0 spiro atoms. The molecular formula is C26H39NO6. The average molecular weight is 462 g/mol. The Kier molecular flexibility index (Phi) is 14.2. The Morgan fingerprint density at radius 1 is 0.909 bits per heavy atom. The van der Waals surface area contributed by atoms with Gasteiger partial charge in [-0.2, -0.15) is 0 Å². The third-order valence-electron chi connectivity index (χ3n) is 4.07. The first-order valence-corrected chi connectivity index (χ1v) is 11.1. The van der Waals surface area contributed by atoms with E-state index in [1.807, 2.05) is 34.6 Å². The van der Waals surface area contributed by atoms with Crippen molar-refractivity contribution >= 4 is 11.7 Å². The van der Waals surface area contributed by atoms with Crippen LogP contribution in [0.2, 0.25) is 0 Å². The molecule has 33 heavy (non-hydrogen) atoms. The Labute approximate surface area is 198 Å². The molecule has 1 unspecified atom stereocenters. The zero-order chi connectivity index (χ0) is 25.6. The first-order valence-electron chi connectivity index (χ1n) is 11.1. The predicted octanol–water partition coefficient (Wildman–Crippen LogP) is 5.86. The number of carbonyl (C=O) groups excluding carboxylic acids is 2. The number of nitrogens with zero attached hydrogens (tertiary/aromatic N) is 1. The van der Waals surface area contributed by atoms with Gasteiger partial charge in [-0.25, -0.2) is 0 Å². The van der Waals surface area contributed by atoms with Crippen molar-refractivity contribution in [3.05, 3.63) is 47.5 Å². The summed E-state index contributed by atoms with van der Waals surface area (Å²) in [6.07, 6.45) is -0.188. The number of hydrogen-bond acceptors (Lipinski definition) is 6. The fraction of sp³-hybridized carbons (Fsp3) is 0.462. The number of ketones is 1. The number of ether oxygens (including phenoxy) is 4. The van der Waals surface area contributed by atoms with Crippen molar-refractivity contribution in [1.29, 1.82) is 0 Å². The van der Waals surface area contributed by atoms with Crippen molar-refractivity contribution in [2.24, 2.45) is 0 Å². The Morgan fingerprint density at radius 3 is 2.03 bits per heavy atom. The largest absolute Gasteiger partial charge is 0.496 e. The molecule has 184 valence electrons. The van der Waals surface area contributed by atoms with E-state index in [9.17, 15) is 9.59 Å². The van der Waals surface area contributed by atoms with Gasteiger partial charge in [0.25, 0.3) is 5.91 Å². The van der Waals surface area contributed by atoms with Crippen LogP contribution in [0, 0.1) is 0 Å². The molecule has 7 nitrogen and oxygen atoms in total. The standard InChI is InChI=1S/C22H27NO6.2C2H6/c1-14(13-26-5)28-18-9-16(15(2)24)10-19(11-18)29-17-7-8-20(21(12-17)27-6)22(25)23(3)4;2*1-2/h7-12,14H,13H2,1-6H3;2*1-2H3. The topological polar surface area (TPSA) is 74.3 Å². The van der Waals surface area contributed by atoms with Crippen molar-refractivity contribution in [3.8, 4) is 23.0 Å². The molecule has 0 aromatic heterocycles.